The summed E-state index contributed by atoms with van der Waals surface area (Å²) in [4.78, 5) is 50.1. The second-order valence-corrected chi connectivity index (χ2v) is 9.38. The van der Waals surface area contributed by atoms with E-state index in [-0.39, 0.29) is 46.4 Å². The van der Waals surface area contributed by atoms with Crippen LogP contribution in [-0.4, -0.2) is 63.8 Å². The third-order valence-corrected chi connectivity index (χ3v) is 6.48. The van der Waals surface area contributed by atoms with E-state index in [1.807, 2.05) is 0 Å². The number of rotatable bonds is 6. The predicted octanol–water partition coefficient (Wildman–Crippen LogP) is 2.68. The van der Waals surface area contributed by atoms with E-state index in [1.54, 1.807) is 36.0 Å². The number of benzene rings is 1. The Bertz CT molecular complexity index is 843. The number of nitro groups is 1. The van der Waals surface area contributed by atoms with Gasteiger partial charge >= 0.3 is 6.09 Å². The minimum Gasteiger partial charge on any atom is -0.445 e. The zero-order valence-electron chi connectivity index (χ0n) is 17.1. The molecule has 1 aliphatic heterocycles. The van der Waals surface area contributed by atoms with Gasteiger partial charge in [0, 0.05) is 56.9 Å². The van der Waals surface area contributed by atoms with E-state index >= 15 is 0 Å². The zero-order valence-corrected chi connectivity index (χ0v) is 18.0. The normalized spacial score (nSPS) is 25.0. The Hall–Kier alpha value is -2.62. The SMILES string of the molecule is CC(=O)S[C@H]1C[C@@H]([C@@H]2C[C@H]2C(=O)N(C)C)N(C(=O)OCc2ccc([N+](=O)[O-])cc2)C1. The highest BCUT2D eigenvalue weighted by Gasteiger charge is 2.54. The van der Waals surface area contributed by atoms with Crippen LogP contribution in [0.25, 0.3) is 0 Å². The van der Waals surface area contributed by atoms with E-state index < -0.39 is 11.0 Å². The van der Waals surface area contributed by atoms with Crippen LogP contribution < -0.4 is 0 Å². The molecule has 0 unspecified atom stereocenters. The molecule has 162 valence electrons. The summed E-state index contributed by atoms with van der Waals surface area (Å²) in [6.07, 6.45) is 0.886. The van der Waals surface area contributed by atoms with Crippen LogP contribution >= 0.6 is 11.8 Å². The molecule has 9 nitrogen and oxygen atoms in total. The van der Waals surface area contributed by atoms with Crippen molar-refractivity contribution in [1.29, 1.82) is 0 Å². The van der Waals surface area contributed by atoms with Gasteiger partial charge in [0.05, 0.1) is 4.92 Å². The predicted molar refractivity (Wildman–Crippen MR) is 111 cm³/mol. The number of thioether (sulfide) groups is 1. The highest BCUT2D eigenvalue weighted by atomic mass is 32.2. The molecule has 0 spiro atoms. The Labute approximate surface area is 178 Å². The van der Waals surface area contributed by atoms with Crippen LogP contribution in [0.4, 0.5) is 10.5 Å². The first-order valence-corrected chi connectivity index (χ1v) is 10.6. The number of nitrogens with zero attached hydrogens (tertiary/aromatic N) is 3. The molecule has 0 radical (unpaired) electrons. The first kappa shape index (κ1) is 22.1. The van der Waals surface area contributed by atoms with E-state index in [9.17, 15) is 24.5 Å². The molecule has 1 aromatic rings. The fraction of sp³-hybridized carbons (Fsp3) is 0.550. The Morgan fingerprint density at radius 1 is 1.23 bits per heavy atom. The minimum absolute atomic E-state index is 0.00318. The van der Waals surface area contributed by atoms with Gasteiger partial charge in [-0.05, 0) is 36.5 Å². The lowest BCUT2D eigenvalue weighted by Gasteiger charge is -2.24. The third-order valence-electron chi connectivity index (χ3n) is 5.47. The van der Waals surface area contributed by atoms with Gasteiger partial charge in [-0.25, -0.2) is 4.79 Å². The summed E-state index contributed by atoms with van der Waals surface area (Å²) in [6.45, 7) is 1.90. The molecule has 10 heteroatoms. The highest BCUT2D eigenvalue weighted by molar-refractivity contribution is 8.14. The average Bonchev–Trinajstić information content (AvgIpc) is 3.38. The van der Waals surface area contributed by atoms with Crippen LogP contribution in [0, 0.1) is 22.0 Å². The lowest BCUT2D eigenvalue weighted by Crippen LogP contribution is -2.38. The van der Waals surface area contributed by atoms with Crippen molar-refractivity contribution in [3.8, 4) is 0 Å². The highest BCUT2D eigenvalue weighted by Crippen LogP contribution is 2.48. The summed E-state index contributed by atoms with van der Waals surface area (Å²) < 4.78 is 5.44. The van der Waals surface area contributed by atoms with Gasteiger partial charge in [0.25, 0.3) is 5.69 Å². The first-order chi connectivity index (χ1) is 14.2. The summed E-state index contributed by atoms with van der Waals surface area (Å²) in [5.74, 6) is 0.0299. The Morgan fingerprint density at radius 2 is 1.90 bits per heavy atom. The van der Waals surface area contributed by atoms with Crippen LogP contribution in [0.2, 0.25) is 0 Å². The van der Waals surface area contributed by atoms with Crippen LogP contribution in [0.5, 0.6) is 0 Å². The van der Waals surface area contributed by atoms with Crippen molar-refractivity contribution >= 4 is 34.6 Å². The number of amides is 2. The van der Waals surface area contributed by atoms with Crippen molar-refractivity contribution < 1.29 is 24.0 Å². The first-order valence-electron chi connectivity index (χ1n) is 9.72. The zero-order chi connectivity index (χ0) is 22.0. The number of likely N-dealkylation sites (tertiary alicyclic amines) is 1. The van der Waals surface area contributed by atoms with Gasteiger partial charge < -0.3 is 14.5 Å². The molecule has 1 heterocycles. The van der Waals surface area contributed by atoms with Crippen LogP contribution in [0.1, 0.15) is 25.3 Å². The van der Waals surface area contributed by atoms with Gasteiger partial charge in [-0.1, -0.05) is 11.8 Å². The molecule has 0 aromatic heterocycles. The number of carbonyl (C=O) groups is 3. The molecular formula is C20H25N3O6S. The van der Waals surface area contributed by atoms with Crippen molar-refractivity contribution in [2.24, 2.45) is 11.8 Å². The molecule has 1 saturated carbocycles. The average molecular weight is 436 g/mol. The molecule has 2 fully saturated rings. The summed E-state index contributed by atoms with van der Waals surface area (Å²) >= 11 is 1.22. The fourth-order valence-electron chi connectivity index (χ4n) is 3.96. The van der Waals surface area contributed by atoms with E-state index in [4.69, 9.17) is 4.74 Å². The van der Waals surface area contributed by atoms with Crippen molar-refractivity contribution in [2.45, 2.75) is 37.7 Å². The van der Waals surface area contributed by atoms with Crippen molar-refractivity contribution in [2.75, 3.05) is 20.6 Å². The van der Waals surface area contributed by atoms with E-state index in [1.165, 1.54) is 30.8 Å². The maximum atomic E-state index is 12.8. The molecule has 0 N–H and O–H groups in total. The number of non-ortho nitro benzene ring substituents is 1. The standard InChI is InChI=1S/C20H25N3O6S/c1-12(24)30-15-8-18(16-9-17(16)19(25)21(2)3)22(10-15)20(26)29-11-13-4-6-14(7-5-13)23(27)28/h4-7,15-18H,8-11H2,1-3H3/t15-,16+,17+,18-/m0/s1. The number of nitro benzene ring substituents is 1. The smallest absolute Gasteiger partial charge is 0.410 e. The number of hydrogen-bond donors (Lipinski definition) is 0. The van der Waals surface area contributed by atoms with E-state index in [0.717, 1.165) is 6.42 Å². The van der Waals surface area contributed by atoms with Crippen molar-refractivity contribution in [1.82, 2.24) is 9.80 Å². The van der Waals surface area contributed by atoms with Crippen LogP contribution in [0.3, 0.4) is 0 Å². The van der Waals surface area contributed by atoms with Crippen LogP contribution in [0.15, 0.2) is 24.3 Å². The second kappa shape index (κ2) is 9.03. The topological polar surface area (TPSA) is 110 Å². The van der Waals surface area contributed by atoms with E-state index in [0.29, 0.717) is 18.5 Å². The molecule has 30 heavy (non-hydrogen) atoms. The summed E-state index contributed by atoms with van der Waals surface area (Å²) in [7, 11) is 3.44. The van der Waals surface area contributed by atoms with Gasteiger partial charge in [0.15, 0.2) is 5.12 Å². The van der Waals surface area contributed by atoms with Crippen molar-refractivity contribution in [3.63, 3.8) is 0 Å². The Balaban J connectivity index is 1.64. The largest absolute Gasteiger partial charge is 0.445 e. The Morgan fingerprint density at radius 3 is 2.47 bits per heavy atom. The third kappa shape index (κ3) is 5.10. The summed E-state index contributed by atoms with van der Waals surface area (Å²) in [5.41, 5.74) is 0.616. The van der Waals surface area contributed by atoms with Gasteiger partial charge in [0.2, 0.25) is 5.91 Å². The molecule has 1 saturated heterocycles. The molecule has 3 rings (SSSR count). The number of carbonyl (C=O) groups excluding carboxylic acids is 3. The number of ether oxygens (including phenoxy) is 1. The molecule has 2 amide bonds. The molecule has 0 bridgehead atoms. The monoisotopic (exact) mass is 435 g/mol. The fourth-order valence-corrected chi connectivity index (χ4v) is 4.96. The second-order valence-electron chi connectivity index (χ2n) is 7.90. The van der Waals surface area contributed by atoms with E-state index in [2.05, 4.69) is 0 Å². The lowest BCUT2D eigenvalue weighted by molar-refractivity contribution is -0.384. The molecule has 4 atom stereocenters. The summed E-state index contributed by atoms with van der Waals surface area (Å²) in [5, 5.41) is 10.7. The molecule has 1 aromatic carbocycles. The lowest BCUT2D eigenvalue weighted by atomic mass is 10.1. The molecular weight excluding hydrogens is 410 g/mol. The van der Waals surface area contributed by atoms with Gasteiger partial charge in [0.1, 0.15) is 6.61 Å². The Kier molecular flexibility index (Phi) is 6.64. The van der Waals surface area contributed by atoms with Crippen LogP contribution in [-0.2, 0) is 20.9 Å². The van der Waals surface area contributed by atoms with Gasteiger partial charge in [-0.3, -0.25) is 19.7 Å². The van der Waals surface area contributed by atoms with Crippen molar-refractivity contribution in [3.05, 3.63) is 39.9 Å². The minimum atomic E-state index is -0.493. The molecule has 2 aliphatic rings. The quantitative estimate of drug-likeness (QED) is 0.499. The summed E-state index contributed by atoms with van der Waals surface area (Å²) in [6, 6.07) is 5.69. The van der Waals surface area contributed by atoms with Gasteiger partial charge in [-0.15, -0.1) is 0 Å². The van der Waals surface area contributed by atoms with Gasteiger partial charge in [-0.2, -0.15) is 0 Å². The number of hydrogen-bond acceptors (Lipinski definition) is 7. The maximum absolute atomic E-state index is 12.8. The molecule has 1 aliphatic carbocycles. The maximum Gasteiger partial charge on any atom is 0.410 e.